The van der Waals surface area contributed by atoms with Crippen molar-refractivity contribution in [2.45, 2.75) is 51.7 Å². The van der Waals surface area contributed by atoms with Gasteiger partial charge < -0.3 is 14.5 Å². The molecule has 0 saturated carbocycles. The molecule has 3 heterocycles. The van der Waals surface area contributed by atoms with Gasteiger partial charge >= 0.3 is 0 Å². The van der Waals surface area contributed by atoms with E-state index >= 15 is 0 Å². The molecule has 0 radical (unpaired) electrons. The molecule has 0 unspecified atom stereocenters. The minimum Gasteiger partial charge on any atom is -0.366 e. The fourth-order valence-corrected chi connectivity index (χ4v) is 3.49. The predicted molar refractivity (Wildman–Crippen MR) is 86.0 cm³/mol. The molecule has 0 aromatic carbocycles. The number of nitrogens with one attached hydrogen (secondary N) is 1. The van der Waals surface area contributed by atoms with Crippen LogP contribution < -0.4 is 0 Å². The molecular weight excluding hydrogens is 310 g/mol. The summed E-state index contributed by atoms with van der Waals surface area (Å²) >= 11 is 0. The van der Waals surface area contributed by atoms with Crippen LogP contribution in [0, 0.1) is 6.92 Å². The molecule has 2 aliphatic rings. The number of morpholine rings is 1. The predicted octanol–water partition coefficient (Wildman–Crippen LogP) is 0.804. The zero-order valence-electron chi connectivity index (χ0n) is 14.3. The second kappa shape index (κ2) is 7.29. The molecule has 0 spiro atoms. The lowest BCUT2D eigenvalue weighted by Gasteiger charge is -2.37. The summed E-state index contributed by atoms with van der Waals surface area (Å²) in [4.78, 5) is 32.4. The van der Waals surface area contributed by atoms with Gasteiger partial charge in [0, 0.05) is 32.5 Å². The first-order valence-corrected chi connectivity index (χ1v) is 8.60. The summed E-state index contributed by atoms with van der Waals surface area (Å²) in [5.41, 5.74) is 0. The number of ether oxygens (including phenoxy) is 1. The summed E-state index contributed by atoms with van der Waals surface area (Å²) in [6, 6.07) is 0.0239. The smallest absolute Gasteiger partial charge is 0.224 e. The Balaban J connectivity index is 1.60. The molecule has 2 atom stereocenters. The monoisotopic (exact) mass is 335 g/mol. The summed E-state index contributed by atoms with van der Waals surface area (Å²) < 4.78 is 5.70. The van der Waals surface area contributed by atoms with Crippen molar-refractivity contribution in [3.63, 3.8) is 0 Å². The number of carbonyl (C=O) groups excluding carboxylic acids is 2. The molecule has 24 heavy (non-hydrogen) atoms. The Morgan fingerprint density at radius 1 is 1.33 bits per heavy atom. The molecule has 2 amide bonds. The first-order chi connectivity index (χ1) is 11.5. The van der Waals surface area contributed by atoms with E-state index in [4.69, 9.17) is 4.74 Å². The molecule has 3 rings (SSSR count). The summed E-state index contributed by atoms with van der Waals surface area (Å²) in [5.74, 6) is 1.46. The molecule has 2 aliphatic heterocycles. The number of carbonyl (C=O) groups is 2. The normalized spacial score (nSPS) is 24.9. The van der Waals surface area contributed by atoms with E-state index in [9.17, 15) is 9.59 Å². The van der Waals surface area contributed by atoms with Gasteiger partial charge in [0.15, 0.2) is 5.82 Å². The van der Waals surface area contributed by atoms with Crippen molar-refractivity contribution in [3.05, 3.63) is 11.6 Å². The van der Waals surface area contributed by atoms with E-state index in [1.54, 1.807) is 6.92 Å². The third-order valence-corrected chi connectivity index (χ3v) is 4.76. The van der Waals surface area contributed by atoms with Crippen LogP contribution in [0.4, 0.5) is 0 Å². The van der Waals surface area contributed by atoms with Gasteiger partial charge in [0.25, 0.3) is 0 Å². The number of H-pyrrole nitrogens is 1. The number of piperidine rings is 1. The lowest BCUT2D eigenvalue weighted by molar-refractivity contribution is -0.142. The highest BCUT2D eigenvalue weighted by atomic mass is 16.5. The van der Waals surface area contributed by atoms with Crippen LogP contribution in [0.1, 0.15) is 50.4 Å². The maximum absolute atomic E-state index is 12.7. The van der Waals surface area contributed by atoms with Crippen molar-refractivity contribution in [2.75, 3.05) is 26.2 Å². The number of aromatic amines is 1. The summed E-state index contributed by atoms with van der Waals surface area (Å²) in [5, 5.41) is 6.94. The van der Waals surface area contributed by atoms with Gasteiger partial charge in [0.05, 0.1) is 13.2 Å². The van der Waals surface area contributed by atoms with Gasteiger partial charge in [-0.05, 0) is 26.2 Å². The fraction of sp³-hybridized carbons (Fsp3) is 0.750. The fourth-order valence-electron chi connectivity index (χ4n) is 3.49. The van der Waals surface area contributed by atoms with Gasteiger partial charge in [0.1, 0.15) is 11.9 Å². The minimum absolute atomic E-state index is 0.0239. The van der Waals surface area contributed by atoms with E-state index in [0.717, 1.165) is 31.6 Å². The van der Waals surface area contributed by atoms with Gasteiger partial charge in [-0.1, -0.05) is 0 Å². The molecule has 132 valence electrons. The Morgan fingerprint density at radius 2 is 2.17 bits per heavy atom. The second-order valence-electron chi connectivity index (χ2n) is 6.54. The van der Waals surface area contributed by atoms with E-state index < -0.39 is 0 Å². The molecule has 1 N–H and O–H groups in total. The molecular formula is C16H25N5O3. The Kier molecular flexibility index (Phi) is 5.13. The quantitative estimate of drug-likeness (QED) is 0.882. The van der Waals surface area contributed by atoms with E-state index in [1.807, 2.05) is 16.7 Å². The van der Waals surface area contributed by atoms with Crippen LogP contribution in [0.2, 0.25) is 0 Å². The molecule has 1 aromatic heterocycles. The molecule has 0 aliphatic carbocycles. The lowest BCUT2D eigenvalue weighted by Crippen LogP contribution is -2.48. The van der Waals surface area contributed by atoms with E-state index in [2.05, 4.69) is 15.2 Å². The number of hydrogen-bond donors (Lipinski definition) is 1. The van der Waals surface area contributed by atoms with Gasteiger partial charge in [-0.15, -0.1) is 0 Å². The number of aryl methyl sites for hydroxylation is 1. The van der Waals surface area contributed by atoms with Crippen LogP contribution in [0.25, 0.3) is 0 Å². The van der Waals surface area contributed by atoms with Crippen molar-refractivity contribution in [3.8, 4) is 0 Å². The second-order valence-corrected chi connectivity index (χ2v) is 6.54. The zero-order valence-corrected chi connectivity index (χ0v) is 14.3. The van der Waals surface area contributed by atoms with Gasteiger partial charge in [-0.25, -0.2) is 4.98 Å². The number of likely N-dealkylation sites (tertiary alicyclic amines) is 1. The van der Waals surface area contributed by atoms with E-state index in [1.165, 1.54) is 0 Å². The minimum atomic E-state index is -0.289. The van der Waals surface area contributed by atoms with E-state index in [0.29, 0.717) is 31.9 Å². The highest BCUT2D eigenvalue weighted by Gasteiger charge is 2.32. The molecule has 2 fully saturated rings. The molecule has 1 aromatic rings. The van der Waals surface area contributed by atoms with Gasteiger partial charge in [-0.2, -0.15) is 5.10 Å². The lowest BCUT2D eigenvalue weighted by atomic mass is 9.98. The first-order valence-electron chi connectivity index (χ1n) is 8.60. The molecule has 0 bridgehead atoms. The van der Waals surface area contributed by atoms with Crippen molar-refractivity contribution < 1.29 is 14.3 Å². The molecule has 8 nitrogen and oxygen atoms in total. The standard InChI is InChI=1S/C16H25N5O3/c1-11-17-16(19-18-11)14-10-20(7-8-24-14)15(23)9-13-5-3-4-6-21(13)12(2)22/h13-14H,3-10H2,1-2H3,(H,17,18,19)/t13-,14-/m0/s1. The van der Waals surface area contributed by atoms with Crippen LogP contribution >= 0.6 is 0 Å². The average Bonchev–Trinajstić information content (AvgIpc) is 3.02. The molecule has 2 saturated heterocycles. The topological polar surface area (TPSA) is 91.4 Å². The van der Waals surface area contributed by atoms with Gasteiger partial charge in [-0.3, -0.25) is 14.7 Å². The number of aromatic nitrogens is 3. The summed E-state index contributed by atoms with van der Waals surface area (Å²) in [6.45, 7) is 5.69. The Morgan fingerprint density at radius 3 is 2.88 bits per heavy atom. The number of rotatable bonds is 3. The first kappa shape index (κ1) is 16.9. The maximum Gasteiger partial charge on any atom is 0.224 e. The summed E-state index contributed by atoms with van der Waals surface area (Å²) in [6.07, 6.45) is 3.10. The van der Waals surface area contributed by atoms with Crippen LogP contribution in [0.5, 0.6) is 0 Å². The Labute approximate surface area is 141 Å². The number of amides is 2. The summed E-state index contributed by atoms with van der Waals surface area (Å²) in [7, 11) is 0. The Bertz CT molecular complexity index is 602. The SMILES string of the molecule is CC(=O)N1CCCC[C@H]1CC(=O)N1CCO[C@H](c2n[nH]c(C)n2)C1. The number of hydrogen-bond acceptors (Lipinski definition) is 5. The van der Waals surface area contributed by atoms with Crippen molar-refractivity contribution in [1.82, 2.24) is 25.0 Å². The Hall–Kier alpha value is -1.96. The average molecular weight is 335 g/mol. The maximum atomic E-state index is 12.7. The van der Waals surface area contributed by atoms with Crippen LogP contribution in [-0.2, 0) is 14.3 Å². The van der Waals surface area contributed by atoms with Crippen molar-refractivity contribution in [1.29, 1.82) is 0 Å². The zero-order chi connectivity index (χ0) is 17.1. The van der Waals surface area contributed by atoms with Crippen molar-refractivity contribution >= 4 is 11.8 Å². The number of nitrogens with zero attached hydrogens (tertiary/aromatic N) is 4. The van der Waals surface area contributed by atoms with Crippen LogP contribution in [-0.4, -0.2) is 69.1 Å². The highest BCUT2D eigenvalue weighted by Crippen LogP contribution is 2.23. The third-order valence-electron chi connectivity index (χ3n) is 4.76. The van der Waals surface area contributed by atoms with Gasteiger partial charge in [0.2, 0.25) is 11.8 Å². The molecule has 8 heteroatoms. The van der Waals surface area contributed by atoms with Crippen LogP contribution in [0.15, 0.2) is 0 Å². The van der Waals surface area contributed by atoms with Crippen LogP contribution in [0.3, 0.4) is 0 Å². The van der Waals surface area contributed by atoms with E-state index in [-0.39, 0.29) is 24.0 Å². The highest BCUT2D eigenvalue weighted by molar-refractivity contribution is 5.79. The largest absolute Gasteiger partial charge is 0.366 e. The third kappa shape index (κ3) is 3.75. The van der Waals surface area contributed by atoms with Crippen molar-refractivity contribution in [2.24, 2.45) is 0 Å².